The molecule has 0 saturated carbocycles. The summed E-state index contributed by atoms with van der Waals surface area (Å²) in [4.78, 5) is 11.6. The molecule has 5 heteroatoms. The van der Waals surface area contributed by atoms with E-state index in [4.69, 9.17) is 0 Å². The summed E-state index contributed by atoms with van der Waals surface area (Å²) < 4.78 is 0. The van der Waals surface area contributed by atoms with Crippen molar-refractivity contribution in [2.45, 2.75) is 47.0 Å². The average Bonchev–Trinajstić information content (AvgIpc) is 2.50. The molecule has 1 aromatic heterocycles. The topological polar surface area (TPSA) is 53.1 Å². The molecule has 21 heavy (non-hydrogen) atoms. The number of rotatable bonds is 11. The van der Waals surface area contributed by atoms with Crippen LogP contribution >= 0.6 is 0 Å². The van der Waals surface area contributed by atoms with E-state index in [2.05, 4.69) is 53.2 Å². The number of hydrogen-bond donors (Lipinski definition) is 2. The van der Waals surface area contributed by atoms with Gasteiger partial charge in [0.05, 0.1) is 0 Å². The third kappa shape index (κ3) is 6.76. The lowest BCUT2D eigenvalue weighted by Gasteiger charge is -2.18. The summed E-state index contributed by atoms with van der Waals surface area (Å²) in [6.07, 6.45) is 3.08. The highest BCUT2D eigenvalue weighted by molar-refractivity contribution is 5.47. The first-order valence-corrected chi connectivity index (χ1v) is 8.31. The standard InChI is InChI=1S/C16H31N5/c1-5-9-14-19-15(17-10-6-2)13-16(20-14)18-11-12-21(7-3)8-4/h13H,5-12H2,1-4H3,(H2,17,18,19,20). The first-order valence-electron chi connectivity index (χ1n) is 8.31. The Bertz CT molecular complexity index is 390. The molecule has 0 unspecified atom stereocenters. The first-order chi connectivity index (χ1) is 10.2. The second-order valence-corrected chi connectivity index (χ2v) is 5.19. The molecule has 0 spiro atoms. The Balaban J connectivity index is 2.63. The fourth-order valence-electron chi connectivity index (χ4n) is 2.15. The van der Waals surface area contributed by atoms with Crippen LogP contribution < -0.4 is 10.6 Å². The zero-order chi connectivity index (χ0) is 15.5. The molecule has 0 radical (unpaired) electrons. The van der Waals surface area contributed by atoms with E-state index in [-0.39, 0.29) is 0 Å². The van der Waals surface area contributed by atoms with Crippen molar-refractivity contribution >= 4 is 11.6 Å². The fraction of sp³-hybridized carbons (Fsp3) is 0.750. The van der Waals surface area contributed by atoms with E-state index in [9.17, 15) is 0 Å². The van der Waals surface area contributed by atoms with E-state index < -0.39 is 0 Å². The number of anilines is 2. The number of hydrogen-bond acceptors (Lipinski definition) is 5. The molecule has 2 N–H and O–H groups in total. The smallest absolute Gasteiger partial charge is 0.133 e. The Kier molecular flexibility index (Phi) is 8.74. The lowest BCUT2D eigenvalue weighted by Crippen LogP contribution is -2.28. The molecule has 0 amide bonds. The maximum atomic E-state index is 4.60. The molecule has 0 aliphatic carbocycles. The second-order valence-electron chi connectivity index (χ2n) is 5.19. The molecule has 0 atom stereocenters. The summed E-state index contributed by atoms with van der Waals surface area (Å²) in [5.41, 5.74) is 0. The van der Waals surface area contributed by atoms with Crippen molar-refractivity contribution in [1.29, 1.82) is 0 Å². The van der Waals surface area contributed by atoms with Crippen LogP contribution in [0.2, 0.25) is 0 Å². The monoisotopic (exact) mass is 293 g/mol. The van der Waals surface area contributed by atoms with Gasteiger partial charge in [-0.3, -0.25) is 0 Å². The Morgan fingerprint density at radius 2 is 1.52 bits per heavy atom. The number of likely N-dealkylation sites (N-methyl/N-ethyl adjacent to an activating group) is 1. The molecule has 1 rings (SSSR count). The lowest BCUT2D eigenvalue weighted by atomic mass is 10.3. The van der Waals surface area contributed by atoms with Gasteiger partial charge in [0, 0.05) is 32.1 Å². The van der Waals surface area contributed by atoms with Gasteiger partial charge in [-0.25, -0.2) is 9.97 Å². The maximum absolute atomic E-state index is 4.60. The molecular weight excluding hydrogens is 262 g/mol. The zero-order valence-corrected chi connectivity index (χ0v) is 14.1. The van der Waals surface area contributed by atoms with Crippen LogP contribution in [-0.4, -0.2) is 47.6 Å². The molecule has 120 valence electrons. The quantitative estimate of drug-likeness (QED) is 0.657. The Morgan fingerprint density at radius 3 is 2.05 bits per heavy atom. The largest absolute Gasteiger partial charge is 0.370 e. The Labute approximate surface area is 129 Å². The summed E-state index contributed by atoms with van der Waals surface area (Å²) in [6.45, 7) is 13.8. The van der Waals surface area contributed by atoms with Crippen molar-refractivity contribution in [2.75, 3.05) is 43.4 Å². The van der Waals surface area contributed by atoms with E-state index in [1.54, 1.807) is 0 Å². The van der Waals surface area contributed by atoms with E-state index in [0.717, 1.165) is 69.4 Å². The molecule has 1 aromatic rings. The normalized spacial score (nSPS) is 10.9. The Hall–Kier alpha value is -1.36. The van der Waals surface area contributed by atoms with Gasteiger partial charge in [0.2, 0.25) is 0 Å². The van der Waals surface area contributed by atoms with Gasteiger partial charge in [-0.1, -0.05) is 27.7 Å². The van der Waals surface area contributed by atoms with Crippen LogP contribution in [-0.2, 0) is 6.42 Å². The third-order valence-corrected chi connectivity index (χ3v) is 3.43. The Morgan fingerprint density at radius 1 is 0.905 bits per heavy atom. The molecule has 0 saturated heterocycles. The molecule has 0 aliphatic heterocycles. The number of aromatic nitrogens is 2. The molecule has 5 nitrogen and oxygen atoms in total. The van der Waals surface area contributed by atoms with E-state index in [1.165, 1.54) is 0 Å². The van der Waals surface area contributed by atoms with Crippen LogP contribution in [0.5, 0.6) is 0 Å². The molecule has 0 aliphatic rings. The first kappa shape index (κ1) is 17.7. The summed E-state index contributed by atoms with van der Waals surface area (Å²) in [7, 11) is 0. The molecule has 0 fully saturated rings. The van der Waals surface area contributed by atoms with E-state index in [0.29, 0.717) is 0 Å². The van der Waals surface area contributed by atoms with E-state index >= 15 is 0 Å². The van der Waals surface area contributed by atoms with Gasteiger partial charge in [0.25, 0.3) is 0 Å². The van der Waals surface area contributed by atoms with Crippen LogP contribution in [0.15, 0.2) is 6.07 Å². The lowest BCUT2D eigenvalue weighted by molar-refractivity contribution is 0.316. The average molecular weight is 293 g/mol. The van der Waals surface area contributed by atoms with Crippen molar-refractivity contribution in [3.8, 4) is 0 Å². The number of aryl methyl sites for hydroxylation is 1. The zero-order valence-electron chi connectivity index (χ0n) is 14.1. The summed E-state index contributed by atoms with van der Waals surface area (Å²) >= 11 is 0. The number of nitrogens with one attached hydrogen (secondary N) is 2. The highest BCUT2D eigenvalue weighted by Gasteiger charge is 2.05. The molecule has 1 heterocycles. The third-order valence-electron chi connectivity index (χ3n) is 3.43. The minimum atomic E-state index is 0.914. The van der Waals surface area contributed by atoms with Gasteiger partial charge < -0.3 is 15.5 Å². The van der Waals surface area contributed by atoms with E-state index in [1.807, 2.05) is 6.07 Å². The van der Waals surface area contributed by atoms with Gasteiger partial charge in [0.15, 0.2) is 0 Å². The van der Waals surface area contributed by atoms with Crippen molar-refractivity contribution in [2.24, 2.45) is 0 Å². The fourth-order valence-corrected chi connectivity index (χ4v) is 2.15. The van der Waals surface area contributed by atoms with Crippen molar-refractivity contribution in [3.63, 3.8) is 0 Å². The highest BCUT2D eigenvalue weighted by atomic mass is 15.1. The predicted molar refractivity (Wildman–Crippen MR) is 91.1 cm³/mol. The maximum Gasteiger partial charge on any atom is 0.133 e. The van der Waals surface area contributed by atoms with Gasteiger partial charge in [0.1, 0.15) is 17.5 Å². The van der Waals surface area contributed by atoms with Crippen molar-refractivity contribution < 1.29 is 0 Å². The van der Waals surface area contributed by atoms with Gasteiger partial charge in [-0.2, -0.15) is 0 Å². The SMILES string of the molecule is CCCNc1cc(NCCN(CC)CC)nc(CCC)n1. The molecular formula is C16H31N5. The highest BCUT2D eigenvalue weighted by Crippen LogP contribution is 2.12. The summed E-state index contributed by atoms with van der Waals surface area (Å²) in [5.74, 6) is 2.78. The van der Waals surface area contributed by atoms with Gasteiger partial charge in [-0.15, -0.1) is 0 Å². The summed E-state index contributed by atoms with van der Waals surface area (Å²) in [6, 6.07) is 2.01. The van der Waals surface area contributed by atoms with Crippen LogP contribution in [0, 0.1) is 0 Å². The minimum absolute atomic E-state index is 0.914. The van der Waals surface area contributed by atoms with Crippen LogP contribution in [0.3, 0.4) is 0 Å². The van der Waals surface area contributed by atoms with Crippen LogP contribution in [0.4, 0.5) is 11.6 Å². The van der Waals surface area contributed by atoms with Gasteiger partial charge in [-0.05, 0) is 25.9 Å². The van der Waals surface area contributed by atoms with Crippen LogP contribution in [0.1, 0.15) is 46.4 Å². The number of nitrogens with zero attached hydrogens (tertiary/aromatic N) is 3. The van der Waals surface area contributed by atoms with Gasteiger partial charge >= 0.3 is 0 Å². The summed E-state index contributed by atoms with van der Waals surface area (Å²) in [5, 5.41) is 6.78. The van der Waals surface area contributed by atoms with Crippen molar-refractivity contribution in [3.05, 3.63) is 11.9 Å². The van der Waals surface area contributed by atoms with Crippen molar-refractivity contribution in [1.82, 2.24) is 14.9 Å². The second kappa shape index (κ2) is 10.4. The molecule has 0 aromatic carbocycles. The minimum Gasteiger partial charge on any atom is -0.370 e. The van der Waals surface area contributed by atoms with Crippen LogP contribution in [0.25, 0.3) is 0 Å². The molecule has 0 bridgehead atoms. The predicted octanol–water partition coefficient (Wildman–Crippen LogP) is 3.00.